The van der Waals surface area contributed by atoms with Crippen molar-refractivity contribution in [1.82, 2.24) is 24.2 Å². The number of rotatable bonds is 8. The zero-order chi connectivity index (χ0) is 35.3. The standard InChI is InChI=1S/C33H30Cl2F2N6O6/c1-5-49-32(46)16-13-43(14-16)22-11-6-15-12-21(39-30(48-4)23(15)22)17-7-8-18(36)24(26(17)34)25-19(37)9-10-20(27(25)35)38-29(44)28-31(45)41(2)33(47)42(3)40-28/h7-10,12,16,22H,5-6,11,13-14H2,1-4H3,(H,38,44). The normalized spacial score (nSPS) is 15.9. The number of likely N-dealkylation sites (tertiary alicyclic amines) is 1. The molecule has 1 amide bonds. The van der Waals surface area contributed by atoms with Gasteiger partial charge in [0.15, 0.2) is 0 Å². The fraction of sp³-hybridized carbons (Fsp3) is 0.333. The Morgan fingerprint density at radius 2 is 1.71 bits per heavy atom. The Bertz CT molecular complexity index is 2150. The van der Waals surface area contributed by atoms with Gasteiger partial charge in [-0.1, -0.05) is 23.2 Å². The Morgan fingerprint density at radius 3 is 2.39 bits per heavy atom. The van der Waals surface area contributed by atoms with Crippen LogP contribution in [-0.2, 0) is 30.0 Å². The van der Waals surface area contributed by atoms with Crippen LogP contribution in [0.1, 0.15) is 41.0 Å². The second-order valence-corrected chi connectivity index (χ2v) is 12.4. The van der Waals surface area contributed by atoms with Crippen LogP contribution in [0.25, 0.3) is 22.4 Å². The van der Waals surface area contributed by atoms with Gasteiger partial charge in [0, 0.05) is 55.5 Å². The third kappa shape index (κ3) is 5.97. The van der Waals surface area contributed by atoms with Crippen molar-refractivity contribution in [3.63, 3.8) is 0 Å². The number of carbonyl (C=O) groups excluding carboxylic acids is 2. The van der Waals surface area contributed by atoms with Gasteiger partial charge in [-0.05, 0) is 55.7 Å². The first-order valence-corrected chi connectivity index (χ1v) is 16.0. The van der Waals surface area contributed by atoms with E-state index in [9.17, 15) is 19.2 Å². The minimum Gasteiger partial charge on any atom is -0.481 e. The number of aromatic nitrogens is 4. The summed E-state index contributed by atoms with van der Waals surface area (Å²) in [6.45, 7) is 3.22. The molecule has 49 heavy (non-hydrogen) atoms. The average Bonchev–Trinajstić information content (AvgIpc) is 3.47. The molecule has 4 aromatic rings. The first-order valence-electron chi connectivity index (χ1n) is 15.3. The molecule has 1 aliphatic heterocycles. The number of benzene rings is 2. The number of halogens is 4. The fourth-order valence-corrected chi connectivity index (χ4v) is 6.94. The zero-order valence-corrected chi connectivity index (χ0v) is 28.3. The number of hydrogen-bond donors (Lipinski definition) is 1. The van der Waals surface area contributed by atoms with E-state index in [4.69, 9.17) is 37.7 Å². The number of carbonyl (C=O) groups is 2. The quantitative estimate of drug-likeness (QED) is 0.261. The van der Waals surface area contributed by atoms with Gasteiger partial charge < -0.3 is 14.8 Å². The van der Waals surface area contributed by atoms with Crippen LogP contribution in [0, 0.1) is 17.6 Å². The molecule has 3 heterocycles. The molecule has 1 unspecified atom stereocenters. The highest BCUT2D eigenvalue weighted by atomic mass is 35.5. The summed E-state index contributed by atoms with van der Waals surface area (Å²) >= 11 is 13.4. The smallest absolute Gasteiger partial charge is 0.346 e. The second-order valence-electron chi connectivity index (χ2n) is 11.7. The number of aryl methyl sites for hydroxylation is 2. The van der Waals surface area contributed by atoms with Gasteiger partial charge in [0.1, 0.15) is 11.6 Å². The molecule has 0 spiro atoms. The molecule has 6 rings (SSSR count). The molecule has 12 nitrogen and oxygen atoms in total. The van der Waals surface area contributed by atoms with Gasteiger partial charge in [-0.15, -0.1) is 0 Å². The number of esters is 1. The Hall–Kier alpha value is -4.66. The predicted molar refractivity (Wildman–Crippen MR) is 177 cm³/mol. The van der Waals surface area contributed by atoms with Crippen molar-refractivity contribution in [2.45, 2.75) is 25.8 Å². The second kappa shape index (κ2) is 13.3. The maximum absolute atomic E-state index is 15.6. The summed E-state index contributed by atoms with van der Waals surface area (Å²) in [5.41, 5.74) is -0.839. The van der Waals surface area contributed by atoms with Gasteiger partial charge in [-0.3, -0.25) is 23.9 Å². The molecule has 0 bridgehead atoms. The summed E-state index contributed by atoms with van der Waals surface area (Å²) in [4.78, 5) is 56.6. The molecule has 1 atom stereocenters. The Morgan fingerprint density at radius 1 is 1.04 bits per heavy atom. The van der Waals surface area contributed by atoms with Crippen molar-refractivity contribution >= 4 is 40.8 Å². The maximum atomic E-state index is 15.6. The Kier molecular flexibility index (Phi) is 9.31. The molecule has 2 aromatic carbocycles. The number of nitrogens with one attached hydrogen (secondary N) is 1. The van der Waals surface area contributed by atoms with Gasteiger partial charge in [0.2, 0.25) is 11.6 Å². The number of fused-ring (bicyclic) bond motifs is 1. The lowest BCUT2D eigenvalue weighted by molar-refractivity contribution is -0.155. The Balaban J connectivity index is 1.35. The molecule has 2 aliphatic rings. The van der Waals surface area contributed by atoms with Crippen molar-refractivity contribution in [2.24, 2.45) is 20.0 Å². The molecular formula is C33H30Cl2F2N6O6. The van der Waals surface area contributed by atoms with E-state index in [0.717, 1.165) is 40.4 Å². The van der Waals surface area contributed by atoms with Crippen LogP contribution in [0.2, 0.25) is 10.0 Å². The zero-order valence-electron chi connectivity index (χ0n) is 26.8. The summed E-state index contributed by atoms with van der Waals surface area (Å²) < 4.78 is 43.4. The van der Waals surface area contributed by atoms with E-state index >= 15 is 8.78 Å². The minimum atomic E-state index is -1.03. The molecule has 1 saturated heterocycles. The van der Waals surface area contributed by atoms with E-state index < -0.39 is 45.1 Å². The van der Waals surface area contributed by atoms with Gasteiger partial charge in [0.25, 0.3) is 11.5 Å². The summed E-state index contributed by atoms with van der Waals surface area (Å²) in [5.74, 6) is -2.91. The minimum absolute atomic E-state index is 0.0153. The number of ether oxygens (including phenoxy) is 2. The molecule has 1 fully saturated rings. The van der Waals surface area contributed by atoms with Gasteiger partial charge in [-0.2, -0.15) is 5.10 Å². The third-order valence-corrected chi connectivity index (χ3v) is 9.57. The molecule has 1 N–H and O–H groups in total. The summed E-state index contributed by atoms with van der Waals surface area (Å²) in [6.07, 6.45) is 1.46. The van der Waals surface area contributed by atoms with Crippen LogP contribution < -0.4 is 21.3 Å². The number of anilines is 1. The first-order chi connectivity index (χ1) is 23.4. The van der Waals surface area contributed by atoms with Crippen LogP contribution in [0.15, 0.2) is 39.9 Å². The fourth-order valence-electron chi connectivity index (χ4n) is 6.30. The van der Waals surface area contributed by atoms with E-state index in [0.29, 0.717) is 42.3 Å². The van der Waals surface area contributed by atoms with E-state index in [2.05, 4.69) is 15.3 Å². The van der Waals surface area contributed by atoms with Gasteiger partial charge in [-0.25, -0.2) is 23.2 Å². The van der Waals surface area contributed by atoms with Crippen molar-refractivity contribution in [2.75, 3.05) is 32.1 Å². The summed E-state index contributed by atoms with van der Waals surface area (Å²) in [7, 11) is 3.94. The number of amides is 1. The lowest BCUT2D eigenvalue weighted by atomic mass is 9.95. The van der Waals surface area contributed by atoms with Crippen LogP contribution >= 0.6 is 23.2 Å². The molecule has 0 saturated carbocycles. The monoisotopic (exact) mass is 714 g/mol. The van der Waals surface area contributed by atoms with E-state index in [-0.39, 0.29) is 39.8 Å². The van der Waals surface area contributed by atoms with Crippen LogP contribution in [-0.4, -0.2) is 62.9 Å². The Labute approximate surface area is 288 Å². The molecular weight excluding hydrogens is 685 g/mol. The molecule has 16 heteroatoms. The number of methoxy groups -OCH3 is 1. The van der Waals surface area contributed by atoms with Crippen LogP contribution in [0.4, 0.5) is 14.5 Å². The summed E-state index contributed by atoms with van der Waals surface area (Å²) in [6, 6.07) is 6.44. The van der Waals surface area contributed by atoms with E-state index in [1.165, 1.54) is 27.3 Å². The molecule has 256 valence electrons. The van der Waals surface area contributed by atoms with Crippen LogP contribution in [0.5, 0.6) is 5.88 Å². The van der Waals surface area contributed by atoms with Gasteiger partial charge in [0.05, 0.1) is 41.1 Å². The lowest BCUT2D eigenvalue weighted by Gasteiger charge is -2.42. The average molecular weight is 716 g/mol. The topological polar surface area (TPSA) is 138 Å². The molecule has 2 aromatic heterocycles. The van der Waals surface area contributed by atoms with Crippen LogP contribution in [0.3, 0.4) is 0 Å². The van der Waals surface area contributed by atoms with Crippen molar-refractivity contribution < 1.29 is 27.8 Å². The highest BCUT2D eigenvalue weighted by Gasteiger charge is 2.42. The van der Waals surface area contributed by atoms with Crippen molar-refractivity contribution in [1.29, 1.82) is 0 Å². The highest BCUT2D eigenvalue weighted by Crippen LogP contribution is 2.47. The molecule has 1 aliphatic carbocycles. The van der Waals surface area contributed by atoms with E-state index in [1.54, 1.807) is 6.92 Å². The van der Waals surface area contributed by atoms with E-state index in [1.807, 2.05) is 6.07 Å². The largest absolute Gasteiger partial charge is 0.481 e. The molecule has 0 radical (unpaired) electrons. The SMILES string of the molecule is CCOC(=O)C1CN(C2CCc3cc(-c4ccc(F)c(-c5c(F)ccc(NC(=O)c6nn(C)c(=O)n(C)c6=O)c5Cl)c4Cl)nc(OC)c32)C1. The maximum Gasteiger partial charge on any atom is 0.346 e. The lowest BCUT2D eigenvalue weighted by Crippen LogP contribution is -2.51. The number of pyridine rings is 1. The van der Waals surface area contributed by atoms with Crippen molar-refractivity contribution in [3.05, 3.63) is 89.7 Å². The predicted octanol–water partition coefficient (Wildman–Crippen LogP) is 4.54. The highest BCUT2D eigenvalue weighted by molar-refractivity contribution is 6.39. The third-order valence-electron chi connectivity index (χ3n) is 8.79. The first kappa shape index (κ1) is 34.2. The van der Waals surface area contributed by atoms with Crippen molar-refractivity contribution in [3.8, 4) is 28.3 Å². The number of hydrogen-bond acceptors (Lipinski definition) is 9. The summed E-state index contributed by atoms with van der Waals surface area (Å²) in [5, 5.41) is 5.53. The van der Waals surface area contributed by atoms with Gasteiger partial charge >= 0.3 is 11.7 Å². The number of nitrogens with zero attached hydrogens (tertiary/aromatic N) is 5.